The number of hydrogen-bond donors (Lipinski definition) is 1. The number of anilines is 1. The van der Waals surface area contributed by atoms with Crippen LogP contribution in [0.5, 0.6) is 0 Å². The number of carbonyl (C=O) groups excluding carboxylic acids is 1. The summed E-state index contributed by atoms with van der Waals surface area (Å²) in [7, 11) is 0. The Kier molecular flexibility index (Phi) is 4.35. The van der Waals surface area contributed by atoms with E-state index in [0.29, 0.717) is 5.56 Å². The lowest BCUT2D eigenvalue weighted by molar-refractivity contribution is 0.102. The topological polar surface area (TPSA) is 29.1 Å². The van der Waals surface area contributed by atoms with Crippen LogP contribution in [0.2, 0.25) is 0 Å². The van der Waals surface area contributed by atoms with Crippen LogP contribution < -0.4 is 5.32 Å². The van der Waals surface area contributed by atoms with Gasteiger partial charge in [-0.15, -0.1) is 0 Å². The zero-order valence-electron chi connectivity index (χ0n) is 11.8. The van der Waals surface area contributed by atoms with Crippen molar-refractivity contribution in [2.75, 3.05) is 5.32 Å². The predicted molar refractivity (Wildman–Crippen MR) is 94.0 cm³/mol. The van der Waals surface area contributed by atoms with Crippen molar-refractivity contribution >= 4 is 27.5 Å². The Labute approximate surface area is 137 Å². The van der Waals surface area contributed by atoms with E-state index in [9.17, 15) is 4.79 Å². The maximum Gasteiger partial charge on any atom is 0.256 e. The van der Waals surface area contributed by atoms with Crippen LogP contribution in [-0.4, -0.2) is 5.91 Å². The van der Waals surface area contributed by atoms with Gasteiger partial charge in [0.25, 0.3) is 5.91 Å². The molecule has 0 aliphatic rings. The molecule has 0 aliphatic carbocycles. The van der Waals surface area contributed by atoms with Gasteiger partial charge in [0, 0.05) is 10.2 Å². The van der Waals surface area contributed by atoms with Gasteiger partial charge in [-0.3, -0.25) is 4.79 Å². The third-order valence-electron chi connectivity index (χ3n) is 3.37. The monoisotopic (exact) mass is 351 g/mol. The summed E-state index contributed by atoms with van der Waals surface area (Å²) in [5, 5.41) is 2.91. The van der Waals surface area contributed by atoms with Gasteiger partial charge in [0.05, 0.1) is 5.56 Å². The molecule has 0 radical (unpaired) electrons. The van der Waals surface area contributed by atoms with Crippen molar-refractivity contribution in [1.29, 1.82) is 0 Å². The molecule has 0 aromatic heterocycles. The van der Waals surface area contributed by atoms with Crippen molar-refractivity contribution in [1.82, 2.24) is 0 Å². The van der Waals surface area contributed by atoms with Gasteiger partial charge in [-0.05, 0) is 51.3 Å². The highest BCUT2D eigenvalue weighted by Gasteiger charge is 2.09. The molecule has 0 atom stereocenters. The van der Waals surface area contributed by atoms with Crippen LogP contribution in [0, 0.1) is 0 Å². The fraction of sp³-hybridized carbons (Fsp3) is 0. The standard InChI is InChI=1S/C19H14BrNO/c20-18-9-5-4-8-17(18)19(22)21-16-12-10-15(11-13-16)14-6-2-1-3-7-14/h1-13H,(H,21,22). The van der Waals surface area contributed by atoms with E-state index in [-0.39, 0.29) is 5.91 Å². The van der Waals surface area contributed by atoms with Crippen molar-refractivity contribution in [3.8, 4) is 11.1 Å². The van der Waals surface area contributed by atoms with E-state index in [4.69, 9.17) is 0 Å². The molecule has 3 rings (SSSR count). The average Bonchev–Trinajstić information content (AvgIpc) is 2.57. The fourth-order valence-corrected chi connectivity index (χ4v) is 2.69. The molecule has 3 aromatic carbocycles. The van der Waals surface area contributed by atoms with Crippen LogP contribution in [0.1, 0.15) is 10.4 Å². The molecule has 3 heteroatoms. The van der Waals surface area contributed by atoms with Gasteiger partial charge in [0.2, 0.25) is 0 Å². The summed E-state index contributed by atoms with van der Waals surface area (Å²) < 4.78 is 0.786. The quantitative estimate of drug-likeness (QED) is 0.675. The molecule has 0 heterocycles. The molecule has 2 nitrogen and oxygen atoms in total. The Morgan fingerprint density at radius 3 is 2.00 bits per heavy atom. The third-order valence-corrected chi connectivity index (χ3v) is 4.06. The average molecular weight is 352 g/mol. The maximum absolute atomic E-state index is 12.2. The third kappa shape index (κ3) is 3.26. The van der Waals surface area contributed by atoms with Crippen molar-refractivity contribution in [2.24, 2.45) is 0 Å². The molecule has 0 saturated carbocycles. The zero-order valence-corrected chi connectivity index (χ0v) is 13.4. The first-order valence-electron chi connectivity index (χ1n) is 6.95. The van der Waals surface area contributed by atoms with E-state index in [1.54, 1.807) is 6.07 Å². The number of amides is 1. The number of rotatable bonds is 3. The predicted octanol–water partition coefficient (Wildman–Crippen LogP) is 5.37. The van der Waals surface area contributed by atoms with E-state index >= 15 is 0 Å². The first-order chi connectivity index (χ1) is 10.7. The summed E-state index contributed by atoms with van der Waals surface area (Å²) >= 11 is 3.39. The second-order valence-corrected chi connectivity index (χ2v) is 5.73. The van der Waals surface area contributed by atoms with Crippen molar-refractivity contribution in [2.45, 2.75) is 0 Å². The summed E-state index contributed by atoms with van der Waals surface area (Å²) in [6.45, 7) is 0. The second kappa shape index (κ2) is 6.58. The number of carbonyl (C=O) groups is 1. The molecule has 1 amide bonds. The van der Waals surface area contributed by atoms with Crippen LogP contribution >= 0.6 is 15.9 Å². The molecule has 0 saturated heterocycles. The molecule has 1 N–H and O–H groups in total. The molecule has 0 spiro atoms. The minimum absolute atomic E-state index is 0.125. The first-order valence-corrected chi connectivity index (χ1v) is 7.75. The molecule has 0 fully saturated rings. The van der Waals surface area contributed by atoms with Crippen molar-refractivity contribution < 1.29 is 4.79 Å². The van der Waals surface area contributed by atoms with Crippen LogP contribution in [0.25, 0.3) is 11.1 Å². The van der Waals surface area contributed by atoms with E-state index in [2.05, 4.69) is 33.4 Å². The van der Waals surface area contributed by atoms with Gasteiger partial charge < -0.3 is 5.32 Å². The van der Waals surface area contributed by atoms with Crippen LogP contribution in [0.15, 0.2) is 83.3 Å². The molecular weight excluding hydrogens is 338 g/mol. The van der Waals surface area contributed by atoms with Crippen LogP contribution in [-0.2, 0) is 0 Å². The van der Waals surface area contributed by atoms with Gasteiger partial charge in [0.15, 0.2) is 0 Å². The lowest BCUT2D eigenvalue weighted by Gasteiger charge is -2.08. The Morgan fingerprint density at radius 2 is 1.32 bits per heavy atom. The Balaban J connectivity index is 1.77. The van der Waals surface area contributed by atoms with Gasteiger partial charge in [0.1, 0.15) is 0 Å². The largest absolute Gasteiger partial charge is 0.322 e. The summed E-state index contributed by atoms with van der Waals surface area (Å²) in [5.41, 5.74) is 3.68. The summed E-state index contributed by atoms with van der Waals surface area (Å²) in [6, 6.07) is 25.4. The lowest BCUT2D eigenvalue weighted by Crippen LogP contribution is -2.12. The van der Waals surface area contributed by atoms with E-state index in [1.807, 2.05) is 60.7 Å². The lowest BCUT2D eigenvalue weighted by atomic mass is 10.1. The highest BCUT2D eigenvalue weighted by molar-refractivity contribution is 9.10. The van der Waals surface area contributed by atoms with Gasteiger partial charge >= 0.3 is 0 Å². The number of nitrogens with one attached hydrogen (secondary N) is 1. The Morgan fingerprint density at radius 1 is 0.727 bits per heavy atom. The number of halogens is 1. The van der Waals surface area contributed by atoms with Gasteiger partial charge in [-0.1, -0.05) is 54.6 Å². The van der Waals surface area contributed by atoms with E-state index in [0.717, 1.165) is 21.3 Å². The first kappa shape index (κ1) is 14.5. The fourth-order valence-electron chi connectivity index (χ4n) is 2.22. The molecule has 108 valence electrons. The van der Waals surface area contributed by atoms with Crippen molar-refractivity contribution in [3.05, 3.63) is 88.9 Å². The van der Waals surface area contributed by atoms with Gasteiger partial charge in [-0.2, -0.15) is 0 Å². The summed E-state index contributed by atoms with van der Waals surface area (Å²) in [5.74, 6) is -0.125. The van der Waals surface area contributed by atoms with E-state index in [1.165, 1.54) is 0 Å². The SMILES string of the molecule is O=C(Nc1ccc(-c2ccccc2)cc1)c1ccccc1Br. The molecular formula is C19H14BrNO. The normalized spacial score (nSPS) is 10.2. The highest BCUT2D eigenvalue weighted by Crippen LogP contribution is 2.22. The maximum atomic E-state index is 12.2. The molecule has 0 bridgehead atoms. The van der Waals surface area contributed by atoms with Crippen molar-refractivity contribution in [3.63, 3.8) is 0 Å². The van der Waals surface area contributed by atoms with E-state index < -0.39 is 0 Å². The molecule has 3 aromatic rings. The summed E-state index contributed by atoms with van der Waals surface area (Å²) in [6.07, 6.45) is 0. The Bertz CT molecular complexity index is 782. The number of hydrogen-bond acceptors (Lipinski definition) is 1. The zero-order chi connectivity index (χ0) is 15.4. The number of benzene rings is 3. The molecule has 0 unspecified atom stereocenters. The smallest absolute Gasteiger partial charge is 0.256 e. The Hall–Kier alpha value is -2.39. The summed E-state index contributed by atoms with van der Waals surface area (Å²) in [4.78, 5) is 12.2. The minimum atomic E-state index is -0.125. The molecule has 0 aliphatic heterocycles. The molecule has 22 heavy (non-hydrogen) atoms. The minimum Gasteiger partial charge on any atom is -0.322 e. The van der Waals surface area contributed by atoms with Crippen LogP contribution in [0.3, 0.4) is 0 Å². The second-order valence-electron chi connectivity index (χ2n) is 4.88. The highest BCUT2D eigenvalue weighted by atomic mass is 79.9. The van der Waals surface area contributed by atoms with Crippen LogP contribution in [0.4, 0.5) is 5.69 Å². The van der Waals surface area contributed by atoms with Gasteiger partial charge in [-0.25, -0.2) is 0 Å².